The third-order valence-electron chi connectivity index (χ3n) is 3.27. The molecular formula is C15H15BrF3N3O2. The Morgan fingerprint density at radius 1 is 1.21 bits per heavy atom. The number of rotatable bonds is 7. The number of carboxylic acids is 1. The van der Waals surface area contributed by atoms with Crippen LogP contribution in [0.15, 0.2) is 22.7 Å². The number of fused-ring (bicyclic) bond motifs is 1. The van der Waals surface area contributed by atoms with Crippen LogP contribution in [0.1, 0.15) is 31.5 Å². The molecule has 2 aromatic rings. The van der Waals surface area contributed by atoms with Crippen LogP contribution in [0.2, 0.25) is 0 Å². The number of carbonyl (C=O) groups is 1. The molecule has 0 unspecified atom stereocenters. The molecule has 0 saturated carbocycles. The van der Waals surface area contributed by atoms with E-state index in [2.05, 4.69) is 31.2 Å². The number of anilines is 1. The maximum absolute atomic E-state index is 12.9. The van der Waals surface area contributed by atoms with Crippen LogP contribution in [-0.4, -0.2) is 27.6 Å². The predicted molar refractivity (Wildman–Crippen MR) is 86.8 cm³/mol. The van der Waals surface area contributed by atoms with Crippen molar-refractivity contribution in [3.8, 4) is 0 Å². The average Bonchev–Trinajstić information content (AvgIpc) is 2.49. The average molecular weight is 406 g/mol. The van der Waals surface area contributed by atoms with Gasteiger partial charge in [0.05, 0.1) is 5.52 Å². The molecule has 0 radical (unpaired) electrons. The Bertz CT molecular complexity index is 738. The molecule has 2 N–H and O–H groups in total. The molecule has 0 fully saturated rings. The fraction of sp³-hybridized carbons (Fsp3) is 0.400. The normalized spacial score (nSPS) is 11.7. The van der Waals surface area contributed by atoms with Gasteiger partial charge < -0.3 is 10.4 Å². The second kappa shape index (κ2) is 7.78. The molecular weight excluding hydrogens is 391 g/mol. The van der Waals surface area contributed by atoms with Gasteiger partial charge in [0.1, 0.15) is 5.82 Å². The van der Waals surface area contributed by atoms with E-state index >= 15 is 0 Å². The first-order chi connectivity index (χ1) is 11.3. The Labute approximate surface area is 144 Å². The van der Waals surface area contributed by atoms with Gasteiger partial charge in [0, 0.05) is 22.8 Å². The summed E-state index contributed by atoms with van der Waals surface area (Å²) in [7, 11) is 0. The van der Waals surface area contributed by atoms with Gasteiger partial charge in [0.2, 0.25) is 5.82 Å². The minimum absolute atomic E-state index is 0.0849. The van der Waals surface area contributed by atoms with Crippen LogP contribution in [0.5, 0.6) is 0 Å². The summed E-state index contributed by atoms with van der Waals surface area (Å²) in [5.74, 6) is -1.93. The van der Waals surface area contributed by atoms with E-state index in [-0.39, 0.29) is 17.8 Å². The number of aromatic nitrogens is 2. The van der Waals surface area contributed by atoms with Crippen molar-refractivity contribution in [1.29, 1.82) is 0 Å². The highest BCUT2D eigenvalue weighted by molar-refractivity contribution is 9.10. The summed E-state index contributed by atoms with van der Waals surface area (Å²) in [5, 5.41) is 11.9. The number of unbranched alkanes of at least 4 members (excludes halogenated alkanes) is 2. The number of benzene rings is 1. The zero-order chi connectivity index (χ0) is 17.7. The summed E-state index contributed by atoms with van der Waals surface area (Å²) in [4.78, 5) is 17.6. The van der Waals surface area contributed by atoms with Crippen molar-refractivity contribution < 1.29 is 23.1 Å². The SMILES string of the molecule is O=C(O)CCCCCNc1nc(C(F)(F)F)nc2ccc(Br)cc12. The Balaban J connectivity index is 2.14. The second-order valence-electron chi connectivity index (χ2n) is 5.19. The topological polar surface area (TPSA) is 75.1 Å². The Morgan fingerprint density at radius 3 is 2.62 bits per heavy atom. The number of nitrogens with one attached hydrogen (secondary N) is 1. The minimum atomic E-state index is -4.63. The van der Waals surface area contributed by atoms with E-state index in [1.807, 2.05) is 0 Å². The highest BCUT2D eigenvalue weighted by atomic mass is 79.9. The van der Waals surface area contributed by atoms with Crippen LogP contribution in [-0.2, 0) is 11.0 Å². The van der Waals surface area contributed by atoms with Crippen LogP contribution >= 0.6 is 15.9 Å². The van der Waals surface area contributed by atoms with Gasteiger partial charge in [-0.05, 0) is 31.0 Å². The van der Waals surface area contributed by atoms with Crippen LogP contribution in [0, 0.1) is 0 Å². The van der Waals surface area contributed by atoms with Crippen LogP contribution in [0.3, 0.4) is 0 Å². The van der Waals surface area contributed by atoms with Gasteiger partial charge in [-0.25, -0.2) is 9.97 Å². The molecule has 0 bridgehead atoms. The van der Waals surface area contributed by atoms with E-state index < -0.39 is 18.0 Å². The zero-order valence-corrected chi connectivity index (χ0v) is 14.1. The molecule has 5 nitrogen and oxygen atoms in total. The van der Waals surface area contributed by atoms with Gasteiger partial charge in [0.15, 0.2) is 0 Å². The van der Waals surface area contributed by atoms with Gasteiger partial charge in [-0.2, -0.15) is 13.2 Å². The third-order valence-corrected chi connectivity index (χ3v) is 3.76. The van der Waals surface area contributed by atoms with Crippen LogP contribution in [0.25, 0.3) is 10.9 Å². The summed E-state index contributed by atoms with van der Waals surface area (Å²) in [6.07, 6.45) is -2.71. The summed E-state index contributed by atoms with van der Waals surface area (Å²) in [6.45, 7) is 0.398. The van der Waals surface area contributed by atoms with Crippen molar-refractivity contribution in [3.63, 3.8) is 0 Å². The molecule has 0 spiro atoms. The highest BCUT2D eigenvalue weighted by Crippen LogP contribution is 2.31. The second-order valence-corrected chi connectivity index (χ2v) is 6.10. The van der Waals surface area contributed by atoms with E-state index in [4.69, 9.17) is 5.11 Å². The lowest BCUT2D eigenvalue weighted by atomic mass is 10.2. The highest BCUT2D eigenvalue weighted by Gasteiger charge is 2.35. The molecule has 0 amide bonds. The van der Waals surface area contributed by atoms with E-state index in [1.165, 1.54) is 6.07 Å². The van der Waals surface area contributed by atoms with Crippen molar-refractivity contribution in [2.75, 3.05) is 11.9 Å². The largest absolute Gasteiger partial charge is 0.481 e. The lowest BCUT2D eigenvalue weighted by Gasteiger charge is -2.12. The molecule has 0 saturated heterocycles. The monoisotopic (exact) mass is 405 g/mol. The van der Waals surface area contributed by atoms with Gasteiger partial charge in [-0.15, -0.1) is 0 Å². The van der Waals surface area contributed by atoms with E-state index in [1.54, 1.807) is 12.1 Å². The number of carboxylic acid groups (broad SMARTS) is 1. The Hall–Kier alpha value is -1.90. The molecule has 0 aliphatic rings. The molecule has 9 heteroatoms. The van der Waals surface area contributed by atoms with Crippen molar-refractivity contribution in [1.82, 2.24) is 9.97 Å². The van der Waals surface area contributed by atoms with Crippen molar-refractivity contribution >= 4 is 38.6 Å². The molecule has 0 aliphatic carbocycles. The molecule has 0 atom stereocenters. The van der Waals surface area contributed by atoms with Gasteiger partial charge in [-0.1, -0.05) is 22.4 Å². The number of hydrogen-bond acceptors (Lipinski definition) is 4. The number of nitrogens with zero attached hydrogens (tertiary/aromatic N) is 2. The van der Waals surface area contributed by atoms with Crippen molar-refractivity contribution in [3.05, 3.63) is 28.5 Å². The molecule has 24 heavy (non-hydrogen) atoms. The summed E-state index contributed by atoms with van der Waals surface area (Å²) >= 11 is 3.28. The Kier molecular flexibility index (Phi) is 5.98. The number of aliphatic carboxylic acids is 1. The van der Waals surface area contributed by atoms with Gasteiger partial charge in [0.25, 0.3) is 0 Å². The van der Waals surface area contributed by atoms with Crippen LogP contribution < -0.4 is 5.32 Å². The van der Waals surface area contributed by atoms with Crippen LogP contribution in [0.4, 0.5) is 19.0 Å². The first kappa shape index (κ1) is 18.4. The molecule has 130 valence electrons. The smallest absolute Gasteiger partial charge is 0.451 e. The first-order valence-corrected chi connectivity index (χ1v) is 8.07. The van der Waals surface area contributed by atoms with E-state index in [0.29, 0.717) is 35.7 Å². The van der Waals surface area contributed by atoms with E-state index in [0.717, 1.165) is 0 Å². The van der Waals surface area contributed by atoms with Gasteiger partial charge in [-0.3, -0.25) is 4.79 Å². The molecule has 1 heterocycles. The number of halogens is 4. The summed E-state index contributed by atoms with van der Waals surface area (Å²) in [5.41, 5.74) is 0.203. The standard InChI is InChI=1S/C15H15BrF3N3O2/c16-9-5-6-11-10(8-9)13(22-14(21-11)15(17,18)19)20-7-3-1-2-4-12(23)24/h5-6,8H,1-4,7H2,(H,23,24)(H,20,21,22). The van der Waals surface area contributed by atoms with Gasteiger partial charge >= 0.3 is 12.1 Å². The Morgan fingerprint density at radius 2 is 1.96 bits per heavy atom. The lowest BCUT2D eigenvalue weighted by Crippen LogP contribution is -2.14. The maximum Gasteiger partial charge on any atom is 0.451 e. The van der Waals surface area contributed by atoms with Crippen molar-refractivity contribution in [2.24, 2.45) is 0 Å². The lowest BCUT2D eigenvalue weighted by molar-refractivity contribution is -0.144. The number of alkyl halides is 3. The molecule has 1 aromatic heterocycles. The first-order valence-electron chi connectivity index (χ1n) is 7.27. The maximum atomic E-state index is 12.9. The minimum Gasteiger partial charge on any atom is -0.481 e. The fourth-order valence-electron chi connectivity index (χ4n) is 2.15. The molecule has 0 aliphatic heterocycles. The molecule has 2 rings (SSSR count). The number of hydrogen-bond donors (Lipinski definition) is 2. The summed E-state index contributed by atoms with van der Waals surface area (Å²) < 4.78 is 39.5. The van der Waals surface area contributed by atoms with Crippen molar-refractivity contribution in [2.45, 2.75) is 31.9 Å². The molecule has 1 aromatic carbocycles. The predicted octanol–water partition coefficient (Wildman–Crippen LogP) is 4.47. The quantitative estimate of drug-likeness (QED) is 0.664. The zero-order valence-electron chi connectivity index (χ0n) is 12.5. The van der Waals surface area contributed by atoms with E-state index in [9.17, 15) is 18.0 Å². The summed E-state index contributed by atoms with van der Waals surface area (Å²) in [6, 6.07) is 4.77. The fourth-order valence-corrected chi connectivity index (χ4v) is 2.51. The third kappa shape index (κ3) is 5.05.